The van der Waals surface area contributed by atoms with Crippen molar-refractivity contribution in [1.29, 1.82) is 0 Å². The molecular weight excluding hydrogens is 404 g/mol. The molecule has 4 N–H and O–H groups in total. The molecule has 0 aliphatic rings. The minimum absolute atomic E-state index is 0.0534. The molecule has 0 amide bonds. The summed E-state index contributed by atoms with van der Waals surface area (Å²) in [5.74, 6) is -0.708. The first-order valence-corrected chi connectivity index (χ1v) is 11.1. The van der Waals surface area contributed by atoms with Crippen molar-refractivity contribution in [2.45, 2.75) is 78.7 Å². The van der Waals surface area contributed by atoms with E-state index in [-0.39, 0.29) is 11.5 Å². The number of aryl methyl sites for hydroxylation is 1. The molecule has 0 saturated carbocycles. The van der Waals surface area contributed by atoms with Crippen molar-refractivity contribution in [1.82, 2.24) is 0 Å². The Morgan fingerprint density at radius 2 is 1.62 bits per heavy atom. The SMILES string of the molecule is CC(C)=CCC/C(=C/CC/C(C)=C/CCC(C)(O)/C=C\c1cc(O)c(C)cc1O)C(=O)O. The normalized spacial score (nSPS) is 14.4. The molecule has 0 aliphatic carbocycles. The standard InChI is InChI=1S/C27H38O5/c1-19(2)9-6-12-22(26(30)31)13-7-10-20(3)11-8-15-27(5,32)16-14-23-18-24(28)21(4)17-25(23)29/h9,11,13-14,16-18,28-29,32H,6-8,10,12,15H2,1-5H3,(H,30,31)/b16-14-,20-11+,22-13-. The zero-order chi connectivity index (χ0) is 24.3. The number of carboxylic acids is 1. The fourth-order valence-electron chi connectivity index (χ4n) is 3.18. The lowest BCUT2D eigenvalue weighted by Gasteiger charge is -2.18. The number of benzene rings is 1. The van der Waals surface area contributed by atoms with Gasteiger partial charge in [0.05, 0.1) is 5.60 Å². The minimum atomic E-state index is -1.06. The topological polar surface area (TPSA) is 98.0 Å². The van der Waals surface area contributed by atoms with Gasteiger partial charge in [-0.3, -0.25) is 0 Å². The zero-order valence-electron chi connectivity index (χ0n) is 20.0. The first-order valence-electron chi connectivity index (χ1n) is 11.1. The zero-order valence-corrected chi connectivity index (χ0v) is 20.0. The average molecular weight is 443 g/mol. The quantitative estimate of drug-likeness (QED) is 0.170. The van der Waals surface area contributed by atoms with Gasteiger partial charge in [-0.15, -0.1) is 0 Å². The van der Waals surface area contributed by atoms with Crippen LogP contribution in [0.3, 0.4) is 0 Å². The van der Waals surface area contributed by atoms with Crippen LogP contribution < -0.4 is 0 Å². The molecule has 1 rings (SSSR count). The van der Waals surface area contributed by atoms with Crippen molar-refractivity contribution in [3.05, 3.63) is 64.3 Å². The summed E-state index contributed by atoms with van der Waals surface area (Å²) < 4.78 is 0. The molecule has 0 bridgehead atoms. The van der Waals surface area contributed by atoms with Crippen molar-refractivity contribution in [2.75, 3.05) is 0 Å². The molecule has 5 heteroatoms. The summed E-state index contributed by atoms with van der Waals surface area (Å²) in [4.78, 5) is 11.4. The lowest BCUT2D eigenvalue weighted by atomic mass is 9.96. The Labute approximate surface area is 192 Å². The maximum absolute atomic E-state index is 11.4. The second kappa shape index (κ2) is 12.9. The third-order valence-electron chi connectivity index (χ3n) is 5.28. The van der Waals surface area contributed by atoms with E-state index in [9.17, 15) is 25.2 Å². The molecule has 0 aromatic heterocycles. The fraction of sp³-hybridized carbons (Fsp3) is 0.444. The van der Waals surface area contributed by atoms with Gasteiger partial charge >= 0.3 is 5.97 Å². The number of carboxylic acid groups (broad SMARTS) is 1. The number of phenols is 2. The Kier molecular flexibility index (Phi) is 11.0. The molecule has 1 aromatic carbocycles. The largest absolute Gasteiger partial charge is 0.508 e. The first kappa shape index (κ1) is 27.2. The van der Waals surface area contributed by atoms with Gasteiger partial charge in [-0.1, -0.05) is 41.5 Å². The average Bonchev–Trinajstić information content (AvgIpc) is 2.68. The molecule has 5 nitrogen and oxygen atoms in total. The number of aliphatic carboxylic acids is 1. The predicted molar refractivity (Wildman–Crippen MR) is 131 cm³/mol. The van der Waals surface area contributed by atoms with Crippen molar-refractivity contribution in [2.24, 2.45) is 0 Å². The van der Waals surface area contributed by atoms with Crippen molar-refractivity contribution >= 4 is 12.0 Å². The smallest absolute Gasteiger partial charge is 0.331 e. The third kappa shape index (κ3) is 10.5. The molecule has 0 saturated heterocycles. The van der Waals surface area contributed by atoms with Gasteiger partial charge in [-0.05, 0) is 90.8 Å². The van der Waals surface area contributed by atoms with Crippen LogP contribution in [0, 0.1) is 6.92 Å². The number of rotatable bonds is 12. The van der Waals surface area contributed by atoms with Gasteiger partial charge in [0.2, 0.25) is 0 Å². The van der Waals surface area contributed by atoms with Crippen LogP contribution in [0.1, 0.15) is 77.3 Å². The van der Waals surface area contributed by atoms with Crippen molar-refractivity contribution in [3.8, 4) is 11.5 Å². The van der Waals surface area contributed by atoms with E-state index in [1.54, 1.807) is 32.1 Å². The van der Waals surface area contributed by atoms with Crippen molar-refractivity contribution in [3.63, 3.8) is 0 Å². The Morgan fingerprint density at radius 1 is 0.969 bits per heavy atom. The van der Waals surface area contributed by atoms with Gasteiger partial charge in [0.25, 0.3) is 0 Å². The summed E-state index contributed by atoms with van der Waals surface area (Å²) in [6, 6.07) is 2.96. The number of phenolic OH excluding ortho intramolecular Hbond substituents is 2. The molecule has 0 heterocycles. The first-order chi connectivity index (χ1) is 14.9. The molecule has 32 heavy (non-hydrogen) atoms. The van der Waals surface area contributed by atoms with Crippen LogP contribution in [0.4, 0.5) is 0 Å². The highest BCUT2D eigenvalue weighted by molar-refractivity contribution is 5.86. The lowest BCUT2D eigenvalue weighted by Crippen LogP contribution is -2.19. The van der Waals surface area contributed by atoms with Crippen LogP contribution in [-0.4, -0.2) is 32.0 Å². The number of carbonyl (C=O) groups is 1. The molecule has 1 aromatic rings. The molecule has 1 atom stereocenters. The van der Waals surface area contributed by atoms with Crippen LogP contribution in [0.2, 0.25) is 0 Å². The highest BCUT2D eigenvalue weighted by atomic mass is 16.4. The third-order valence-corrected chi connectivity index (χ3v) is 5.28. The minimum Gasteiger partial charge on any atom is -0.508 e. The summed E-state index contributed by atoms with van der Waals surface area (Å²) in [7, 11) is 0. The van der Waals surface area contributed by atoms with E-state index < -0.39 is 11.6 Å². The second-order valence-corrected chi connectivity index (χ2v) is 8.87. The fourth-order valence-corrected chi connectivity index (χ4v) is 3.18. The predicted octanol–water partition coefficient (Wildman–Crippen LogP) is 6.43. The molecule has 176 valence electrons. The monoisotopic (exact) mass is 442 g/mol. The maximum atomic E-state index is 11.4. The summed E-state index contributed by atoms with van der Waals surface area (Å²) >= 11 is 0. The molecule has 0 fully saturated rings. The molecule has 0 radical (unpaired) electrons. The summed E-state index contributed by atoms with van der Waals surface area (Å²) in [5.41, 5.74) is 2.76. The van der Waals surface area contributed by atoms with Gasteiger partial charge in [0, 0.05) is 11.1 Å². The molecular formula is C27H38O5. The van der Waals surface area contributed by atoms with Gasteiger partial charge in [-0.25, -0.2) is 4.79 Å². The van der Waals surface area contributed by atoms with E-state index in [0.29, 0.717) is 42.4 Å². The van der Waals surface area contributed by atoms with Crippen molar-refractivity contribution < 1.29 is 25.2 Å². The van der Waals surface area contributed by atoms with E-state index in [4.69, 9.17) is 0 Å². The van der Waals surface area contributed by atoms with Gasteiger partial charge in [-0.2, -0.15) is 0 Å². The van der Waals surface area contributed by atoms with Gasteiger partial charge in [0.1, 0.15) is 11.5 Å². The van der Waals surface area contributed by atoms with Crippen LogP contribution in [0.25, 0.3) is 6.08 Å². The second-order valence-electron chi connectivity index (χ2n) is 8.87. The van der Waals surface area contributed by atoms with Crippen LogP contribution in [-0.2, 0) is 4.79 Å². The Balaban J connectivity index is 2.58. The number of hydrogen-bond acceptors (Lipinski definition) is 4. The van der Waals surface area contributed by atoms with Crippen LogP contribution >= 0.6 is 0 Å². The highest BCUT2D eigenvalue weighted by Crippen LogP contribution is 2.28. The van der Waals surface area contributed by atoms with E-state index in [1.165, 1.54) is 17.7 Å². The Hall–Kier alpha value is -2.79. The van der Waals surface area contributed by atoms with Crippen LogP contribution in [0.5, 0.6) is 11.5 Å². The maximum Gasteiger partial charge on any atom is 0.331 e. The van der Waals surface area contributed by atoms with Gasteiger partial charge < -0.3 is 20.4 Å². The number of aromatic hydroxyl groups is 2. The molecule has 0 spiro atoms. The number of allylic oxidation sites excluding steroid dienone is 5. The van der Waals surface area contributed by atoms with E-state index in [0.717, 1.165) is 18.4 Å². The summed E-state index contributed by atoms with van der Waals surface area (Å²) in [5, 5.41) is 39.7. The lowest BCUT2D eigenvalue weighted by molar-refractivity contribution is -0.132. The molecule has 1 unspecified atom stereocenters. The van der Waals surface area contributed by atoms with Gasteiger partial charge in [0.15, 0.2) is 0 Å². The summed E-state index contributed by atoms with van der Waals surface area (Å²) in [6.45, 7) is 9.42. The Bertz CT molecular complexity index is 897. The Morgan fingerprint density at radius 3 is 2.25 bits per heavy atom. The van der Waals surface area contributed by atoms with Crippen LogP contribution in [0.15, 0.2) is 53.2 Å². The van der Waals surface area contributed by atoms with E-state index >= 15 is 0 Å². The highest BCUT2D eigenvalue weighted by Gasteiger charge is 2.15. The van der Waals surface area contributed by atoms with E-state index in [2.05, 4.69) is 6.08 Å². The molecule has 0 aliphatic heterocycles. The number of hydrogen-bond donors (Lipinski definition) is 4. The van der Waals surface area contributed by atoms with E-state index in [1.807, 2.05) is 26.8 Å². The summed E-state index contributed by atoms with van der Waals surface area (Å²) in [6.07, 6.45) is 13.0. The number of aliphatic hydroxyl groups is 1.